The Bertz CT molecular complexity index is 604. The number of hydrazine groups is 1. The molecule has 0 bridgehead atoms. The lowest BCUT2D eigenvalue weighted by Gasteiger charge is -2.17. The summed E-state index contributed by atoms with van der Waals surface area (Å²) in [5, 5.41) is 16.3. The van der Waals surface area contributed by atoms with Crippen LogP contribution in [0.1, 0.15) is 30.7 Å². The van der Waals surface area contributed by atoms with Gasteiger partial charge in [-0.2, -0.15) is 0 Å². The maximum Gasteiger partial charge on any atom is 0.354 e. The lowest BCUT2D eigenvalue weighted by Crippen LogP contribution is -2.16. The van der Waals surface area contributed by atoms with Crippen LogP contribution in [-0.4, -0.2) is 14.9 Å². The molecule has 1 atom stereocenters. The minimum atomic E-state index is -0.547. The van der Waals surface area contributed by atoms with E-state index in [0.717, 1.165) is 17.7 Å². The van der Waals surface area contributed by atoms with E-state index < -0.39 is 4.92 Å². The predicted octanol–water partition coefficient (Wildman–Crippen LogP) is 2.69. The maximum absolute atomic E-state index is 11.2. The Hall–Kier alpha value is -2.26. The highest BCUT2D eigenvalue weighted by molar-refractivity contribution is 7.10. The molecule has 2 heterocycles. The van der Waals surface area contributed by atoms with Gasteiger partial charge in [-0.05, 0) is 17.9 Å². The lowest BCUT2D eigenvalue weighted by atomic mass is 10.1. The largest absolute Gasteiger partial charge is 0.357 e. The number of nitrogens with one attached hydrogen (secondary N) is 2. The quantitative estimate of drug-likeness (QED) is 0.408. The van der Waals surface area contributed by atoms with Gasteiger partial charge < -0.3 is 10.7 Å². The zero-order valence-electron chi connectivity index (χ0n) is 11.4. The van der Waals surface area contributed by atoms with Crippen molar-refractivity contribution in [2.45, 2.75) is 25.8 Å². The Kier molecular flexibility index (Phi) is 5.01. The fourth-order valence-electron chi connectivity index (χ4n) is 1.99. The van der Waals surface area contributed by atoms with Gasteiger partial charge in [0.1, 0.15) is 6.33 Å². The van der Waals surface area contributed by atoms with E-state index in [2.05, 4.69) is 27.6 Å². The molecule has 0 spiro atoms. The van der Waals surface area contributed by atoms with Crippen molar-refractivity contribution in [1.29, 1.82) is 0 Å². The van der Waals surface area contributed by atoms with Gasteiger partial charge in [0.05, 0.1) is 11.0 Å². The molecule has 0 aliphatic heterocycles. The molecule has 2 rings (SSSR count). The standard InChI is InChI=1S/C12H16N6O2S/c1-2-4-8(9-5-3-6-21-9)16-11-10(18(19)20)12(17-13)15-7-14-11/h3,5-8H,2,4,13H2,1H3,(H2,14,15,16,17). The number of hydrogen-bond donors (Lipinski definition) is 3. The molecule has 0 saturated carbocycles. The Morgan fingerprint density at radius 3 is 2.81 bits per heavy atom. The Balaban J connectivity index is 2.34. The van der Waals surface area contributed by atoms with E-state index >= 15 is 0 Å². The molecule has 0 aromatic carbocycles. The van der Waals surface area contributed by atoms with E-state index in [0.29, 0.717) is 0 Å². The maximum atomic E-state index is 11.2. The number of thiophene rings is 1. The van der Waals surface area contributed by atoms with Crippen molar-refractivity contribution in [3.63, 3.8) is 0 Å². The minimum absolute atomic E-state index is 0.0149. The van der Waals surface area contributed by atoms with Gasteiger partial charge in [-0.25, -0.2) is 15.8 Å². The number of anilines is 2. The molecule has 0 radical (unpaired) electrons. The van der Waals surface area contributed by atoms with Crippen molar-refractivity contribution in [3.05, 3.63) is 38.8 Å². The highest BCUT2D eigenvalue weighted by atomic mass is 32.1. The van der Waals surface area contributed by atoms with E-state index in [4.69, 9.17) is 5.84 Å². The number of nitrogens with two attached hydrogens (primary N) is 1. The van der Waals surface area contributed by atoms with Crippen LogP contribution in [0.15, 0.2) is 23.8 Å². The molecule has 2 aromatic heterocycles. The highest BCUT2D eigenvalue weighted by Gasteiger charge is 2.25. The fourth-order valence-corrected chi connectivity index (χ4v) is 2.80. The van der Waals surface area contributed by atoms with Crippen molar-refractivity contribution < 1.29 is 4.92 Å². The van der Waals surface area contributed by atoms with Crippen molar-refractivity contribution >= 4 is 28.7 Å². The highest BCUT2D eigenvalue weighted by Crippen LogP contribution is 2.33. The van der Waals surface area contributed by atoms with Crippen LogP contribution in [0, 0.1) is 10.1 Å². The molecular weight excluding hydrogens is 292 g/mol. The third-order valence-corrected chi connectivity index (χ3v) is 3.90. The van der Waals surface area contributed by atoms with Crippen LogP contribution < -0.4 is 16.6 Å². The number of nitrogens with zero attached hydrogens (tertiary/aromatic N) is 3. The van der Waals surface area contributed by atoms with Crippen LogP contribution in [0.25, 0.3) is 0 Å². The summed E-state index contributed by atoms with van der Waals surface area (Å²) in [5.41, 5.74) is 1.97. The van der Waals surface area contributed by atoms with Gasteiger partial charge in [-0.1, -0.05) is 19.4 Å². The third-order valence-electron chi connectivity index (χ3n) is 2.92. The molecule has 9 heteroatoms. The van der Waals surface area contributed by atoms with Crippen molar-refractivity contribution in [1.82, 2.24) is 9.97 Å². The average molecular weight is 308 g/mol. The number of rotatable bonds is 7. The van der Waals surface area contributed by atoms with E-state index in [-0.39, 0.29) is 23.4 Å². The first kappa shape index (κ1) is 15.1. The Labute approximate surface area is 125 Å². The molecule has 4 N–H and O–H groups in total. The van der Waals surface area contributed by atoms with Gasteiger partial charge in [-0.15, -0.1) is 11.3 Å². The second-order valence-electron chi connectivity index (χ2n) is 4.32. The molecule has 21 heavy (non-hydrogen) atoms. The summed E-state index contributed by atoms with van der Waals surface area (Å²) < 4.78 is 0. The smallest absolute Gasteiger partial charge is 0.354 e. The van der Waals surface area contributed by atoms with Crippen LogP contribution in [0.3, 0.4) is 0 Å². The summed E-state index contributed by atoms with van der Waals surface area (Å²) in [6.45, 7) is 2.06. The van der Waals surface area contributed by atoms with Crippen LogP contribution >= 0.6 is 11.3 Å². The molecule has 8 nitrogen and oxygen atoms in total. The van der Waals surface area contributed by atoms with E-state index in [1.165, 1.54) is 6.33 Å². The molecule has 1 unspecified atom stereocenters. The summed E-state index contributed by atoms with van der Waals surface area (Å²) >= 11 is 1.60. The topological polar surface area (TPSA) is 119 Å². The van der Waals surface area contributed by atoms with Crippen LogP contribution in [0.4, 0.5) is 17.3 Å². The number of hydrogen-bond acceptors (Lipinski definition) is 8. The van der Waals surface area contributed by atoms with E-state index in [1.54, 1.807) is 11.3 Å². The Morgan fingerprint density at radius 1 is 1.48 bits per heavy atom. The predicted molar refractivity (Wildman–Crippen MR) is 82.1 cm³/mol. The first-order chi connectivity index (χ1) is 10.2. The summed E-state index contributed by atoms with van der Waals surface area (Å²) in [4.78, 5) is 19.5. The van der Waals surface area contributed by atoms with Gasteiger partial charge in [0.2, 0.25) is 11.6 Å². The van der Waals surface area contributed by atoms with Gasteiger partial charge in [0.15, 0.2) is 0 Å². The molecule has 112 valence electrons. The molecule has 0 amide bonds. The van der Waals surface area contributed by atoms with Crippen molar-refractivity contribution in [3.8, 4) is 0 Å². The van der Waals surface area contributed by atoms with Crippen LogP contribution in [-0.2, 0) is 0 Å². The van der Waals surface area contributed by atoms with Crippen molar-refractivity contribution in [2.24, 2.45) is 5.84 Å². The zero-order valence-corrected chi connectivity index (χ0v) is 12.3. The molecule has 0 fully saturated rings. The summed E-state index contributed by atoms with van der Waals surface area (Å²) in [7, 11) is 0. The summed E-state index contributed by atoms with van der Waals surface area (Å²) in [5.74, 6) is 5.42. The van der Waals surface area contributed by atoms with Crippen LogP contribution in [0.2, 0.25) is 0 Å². The van der Waals surface area contributed by atoms with Gasteiger partial charge in [-0.3, -0.25) is 10.1 Å². The summed E-state index contributed by atoms with van der Waals surface area (Å²) in [6, 6.07) is 3.91. The first-order valence-corrected chi connectivity index (χ1v) is 7.31. The van der Waals surface area contributed by atoms with Crippen LogP contribution in [0.5, 0.6) is 0 Å². The molecule has 0 aliphatic rings. The monoisotopic (exact) mass is 308 g/mol. The fraction of sp³-hybridized carbons (Fsp3) is 0.333. The van der Waals surface area contributed by atoms with Gasteiger partial charge in [0.25, 0.3) is 0 Å². The van der Waals surface area contributed by atoms with Gasteiger partial charge >= 0.3 is 5.69 Å². The third kappa shape index (κ3) is 3.44. The summed E-state index contributed by atoms with van der Waals surface area (Å²) in [6.07, 6.45) is 3.02. The van der Waals surface area contributed by atoms with Crippen molar-refractivity contribution in [2.75, 3.05) is 10.7 Å². The minimum Gasteiger partial charge on any atom is -0.357 e. The SMILES string of the molecule is CCCC(Nc1ncnc(NN)c1[N+](=O)[O-])c1cccs1. The molecule has 0 aliphatic carbocycles. The molecule has 2 aromatic rings. The number of aromatic nitrogens is 2. The second kappa shape index (κ2) is 6.95. The number of nitro groups is 1. The molecule has 0 saturated heterocycles. The second-order valence-corrected chi connectivity index (χ2v) is 5.30. The lowest BCUT2D eigenvalue weighted by molar-refractivity contribution is -0.383. The van der Waals surface area contributed by atoms with E-state index in [1.807, 2.05) is 17.5 Å². The Morgan fingerprint density at radius 2 is 2.24 bits per heavy atom. The first-order valence-electron chi connectivity index (χ1n) is 6.43. The molecular formula is C12H16N6O2S. The zero-order chi connectivity index (χ0) is 15.2. The normalized spacial score (nSPS) is 11.9. The number of nitrogen functional groups attached to an aromatic ring is 1. The van der Waals surface area contributed by atoms with E-state index in [9.17, 15) is 10.1 Å². The van der Waals surface area contributed by atoms with Gasteiger partial charge in [0, 0.05) is 4.88 Å². The average Bonchev–Trinajstić information content (AvgIpc) is 3.00.